The van der Waals surface area contributed by atoms with Crippen LogP contribution in [0.15, 0.2) is 66.9 Å². The molecule has 0 spiro atoms. The standard InChI is InChI=1S/C21H19N3O2/c1-24-19-9-10-22-21(23-15-6-4-7-16(25)12-15)18(19)13-20(24)14-5-3-8-17(11-14)26-2/h3-13,25H,1-2H3,(H,22,23). The van der Waals surface area contributed by atoms with E-state index in [0.29, 0.717) is 0 Å². The summed E-state index contributed by atoms with van der Waals surface area (Å²) in [6.45, 7) is 0. The molecule has 0 aliphatic carbocycles. The summed E-state index contributed by atoms with van der Waals surface area (Å²) in [6, 6.07) is 19.1. The van der Waals surface area contributed by atoms with Gasteiger partial charge in [0.05, 0.1) is 12.6 Å². The lowest BCUT2D eigenvalue weighted by atomic mass is 10.1. The van der Waals surface area contributed by atoms with Gasteiger partial charge in [0, 0.05) is 41.6 Å². The number of aryl methyl sites for hydroxylation is 1. The third kappa shape index (κ3) is 2.84. The highest BCUT2D eigenvalue weighted by Gasteiger charge is 2.12. The summed E-state index contributed by atoms with van der Waals surface area (Å²) in [5.74, 6) is 1.79. The summed E-state index contributed by atoms with van der Waals surface area (Å²) in [7, 11) is 3.71. The van der Waals surface area contributed by atoms with Crippen molar-refractivity contribution in [1.29, 1.82) is 0 Å². The highest BCUT2D eigenvalue weighted by Crippen LogP contribution is 2.33. The van der Waals surface area contributed by atoms with E-state index >= 15 is 0 Å². The second-order valence-corrected chi connectivity index (χ2v) is 6.09. The molecular formula is C21H19N3O2. The highest BCUT2D eigenvalue weighted by atomic mass is 16.5. The van der Waals surface area contributed by atoms with E-state index in [1.165, 1.54) is 0 Å². The lowest BCUT2D eigenvalue weighted by Crippen LogP contribution is -1.95. The van der Waals surface area contributed by atoms with Crippen LogP contribution in [0.25, 0.3) is 22.2 Å². The Balaban J connectivity index is 1.82. The Kier molecular flexibility index (Phi) is 3.97. The molecule has 0 amide bonds. The molecule has 0 fully saturated rings. The molecule has 2 aromatic heterocycles. The lowest BCUT2D eigenvalue weighted by Gasteiger charge is -2.08. The van der Waals surface area contributed by atoms with Crippen molar-refractivity contribution in [3.63, 3.8) is 0 Å². The average Bonchev–Trinajstić information content (AvgIpc) is 3.00. The average molecular weight is 345 g/mol. The largest absolute Gasteiger partial charge is 0.508 e. The van der Waals surface area contributed by atoms with Gasteiger partial charge in [0.25, 0.3) is 0 Å². The van der Waals surface area contributed by atoms with Crippen LogP contribution in [0, 0.1) is 0 Å². The fourth-order valence-electron chi connectivity index (χ4n) is 3.14. The lowest BCUT2D eigenvalue weighted by molar-refractivity contribution is 0.415. The summed E-state index contributed by atoms with van der Waals surface area (Å²) in [6.07, 6.45) is 1.78. The number of phenolic OH excluding ortho intramolecular Hbond substituents is 1. The van der Waals surface area contributed by atoms with Crippen LogP contribution < -0.4 is 10.1 Å². The Morgan fingerprint density at radius 1 is 1.04 bits per heavy atom. The maximum atomic E-state index is 9.67. The zero-order chi connectivity index (χ0) is 18.1. The van der Waals surface area contributed by atoms with Crippen molar-refractivity contribution in [3.05, 3.63) is 66.9 Å². The molecule has 4 aromatic rings. The Labute approximate surface area is 151 Å². The minimum atomic E-state index is 0.215. The number of nitrogens with zero attached hydrogens (tertiary/aromatic N) is 2. The van der Waals surface area contributed by atoms with Gasteiger partial charge >= 0.3 is 0 Å². The number of aromatic hydroxyl groups is 1. The number of aromatic nitrogens is 2. The van der Waals surface area contributed by atoms with Gasteiger partial charge in [0.1, 0.15) is 17.3 Å². The van der Waals surface area contributed by atoms with E-state index in [9.17, 15) is 5.11 Å². The number of hydrogen-bond donors (Lipinski definition) is 2. The van der Waals surface area contributed by atoms with E-state index in [1.807, 2.05) is 37.4 Å². The number of nitrogens with one attached hydrogen (secondary N) is 1. The molecule has 5 heteroatoms. The number of methoxy groups -OCH3 is 1. The van der Waals surface area contributed by atoms with E-state index in [0.717, 1.165) is 39.4 Å². The number of hydrogen-bond acceptors (Lipinski definition) is 4. The zero-order valence-electron chi connectivity index (χ0n) is 14.6. The van der Waals surface area contributed by atoms with Crippen LogP contribution in [0.2, 0.25) is 0 Å². The first-order valence-corrected chi connectivity index (χ1v) is 8.30. The molecular weight excluding hydrogens is 326 g/mol. The van der Waals surface area contributed by atoms with Gasteiger partial charge in [-0.1, -0.05) is 18.2 Å². The smallest absolute Gasteiger partial charge is 0.139 e. The van der Waals surface area contributed by atoms with Crippen LogP contribution in [-0.2, 0) is 7.05 Å². The molecule has 2 heterocycles. The van der Waals surface area contributed by atoms with Gasteiger partial charge in [0.15, 0.2) is 0 Å². The molecule has 0 unspecified atom stereocenters. The molecule has 0 aliphatic heterocycles. The normalized spacial score (nSPS) is 10.8. The van der Waals surface area contributed by atoms with Crippen molar-refractivity contribution in [1.82, 2.24) is 9.55 Å². The quantitative estimate of drug-likeness (QED) is 0.563. The van der Waals surface area contributed by atoms with Crippen molar-refractivity contribution in [2.45, 2.75) is 0 Å². The minimum absolute atomic E-state index is 0.215. The van der Waals surface area contributed by atoms with E-state index in [1.54, 1.807) is 31.5 Å². The third-order valence-corrected chi connectivity index (χ3v) is 4.45. The van der Waals surface area contributed by atoms with Crippen LogP contribution in [0.1, 0.15) is 0 Å². The Morgan fingerprint density at radius 2 is 1.88 bits per heavy atom. The number of ether oxygens (including phenoxy) is 1. The molecule has 2 N–H and O–H groups in total. The van der Waals surface area contributed by atoms with Crippen molar-refractivity contribution < 1.29 is 9.84 Å². The van der Waals surface area contributed by atoms with Crippen LogP contribution >= 0.6 is 0 Å². The first-order chi connectivity index (χ1) is 12.7. The molecule has 26 heavy (non-hydrogen) atoms. The first kappa shape index (κ1) is 16.0. The molecule has 0 saturated carbocycles. The van der Waals surface area contributed by atoms with Gasteiger partial charge in [-0.3, -0.25) is 0 Å². The Morgan fingerprint density at radius 3 is 2.69 bits per heavy atom. The number of benzene rings is 2. The summed E-state index contributed by atoms with van der Waals surface area (Å²) >= 11 is 0. The number of pyridine rings is 1. The van der Waals surface area contributed by atoms with Gasteiger partial charge in [-0.15, -0.1) is 0 Å². The van der Waals surface area contributed by atoms with E-state index in [4.69, 9.17) is 4.74 Å². The fourth-order valence-corrected chi connectivity index (χ4v) is 3.14. The second-order valence-electron chi connectivity index (χ2n) is 6.09. The predicted molar refractivity (Wildman–Crippen MR) is 104 cm³/mol. The first-order valence-electron chi connectivity index (χ1n) is 8.30. The summed E-state index contributed by atoms with van der Waals surface area (Å²) in [4.78, 5) is 4.48. The van der Waals surface area contributed by atoms with Crippen LogP contribution in [0.3, 0.4) is 0 Å². The molecule has 4 rings (SSSR count). The SMILES string of the molecule is COc1cccc(-c2cc3c(Nc4cccc(O)c4)nccc3n2C)c1. The summed E-state index contributed by atoms with van der Waals surface area (Å²) in [5.41, 5.74) is 4.01. The number of rotatable bonds is 4. The van der Waals surface area contributed by atoms with E-state index in [-0.39, 0.29) is 5.75 Å². The van der Waals surface area contributed by atoms with Gasteiger partial charge in [-0.25, -0.2) is 4.98 Å². The molecule has 5 nitrogen and oxygen atoms in total. The zero-order valence-corrected chi connectivity index (χ0v) is 14.6. The third-order valence-electron chi connectivity index (χ3n) is 4.45. The molecule has 0 atom stereocenters. The topological polar surface area (TPSA) is 59.3 Å². The Bertz CT molecular complexity index is 1090. The van der Waals surface area contributed by atoms with Gasteiger partial charge < -0.3 is 19.7 Å². The van der Waals surface area contributed by atoms with Crippen LogP contribution in [0.4, 0.5) is 11.5 Å². The molecule has 2 aromatic carbocycles. The van der Waals surface area contributed by atoms with Crippen molar-refractivity contribution in [2.75, 3.05) is 12.4 Å². The van der Waals surface area contributed by atoms with Crippen LogP contribution in [0.5, 0.6) is 11.5 Å². The molecule has 0 radical (unpaired) electrons. The van der Waals surface area contributed by atoms with E-state index in [2.05, 4.69) is 27.0 Å². The summed E-state index contributed by atoms with van der Waals surface area (Å²) in [5, 5.41) is 14.0. The van der Waals surface area contributed by atoms with E-state index < -0.39 is 0 Å². The van der Waals surface area contributed by atoms with Crippen molar-refractivity contribution in [3.8, 4) is 22.8 Å². The monoisotopic (exact) mass is 345 g/mol. The highest BCUT2D eigenvalue weighted by molar-refractivity contribution is 5.96. The summed E-state index contributed by atoms with van der Waals surface area (Å²) < 4.78 is 7.48. The van der Waals surface area contributed by atoms with Gasteiger partial charge in [-0.05, 0) is 36.4 Å². The maximum absolute atomic E-state index is 9.67. The van der Waals surface area contributed by atoms with Gasteiger partial charge in [-0.2, -0.15) is 0 Å². The fraction of sp³-hybridized carbons (Fsp3) is 0.0952. The molecule has 0 aliphatic rings. The molecule has 130 valence electrons. The number of phenols is 1. The van der Waals surface area contributed by atoms with Crippen LogP contribution in [-0.4, -0.2) is 21.8 Å². The van der Waals surface area contributed by atoms with Gasteiger partial charge in [0.2, 0.25) is 0 Å². The minimum Gasteiger partial charge on any atom is -0.508 e. The van der Waals surface area contributed by atoms with Crippen molar-refractivity contribution >= 4 is 22.4 Å². The maximum Gasteiger partial charge on any atom is 0.139 e. The predicted octanol–water partition coefficient (Wildman–Crippen LogP) is 4.70. The second kappa shape index (κ2) is 6.44. The number of fused-ring (bicyclic) bond motifs is 1. The number of anilines is 2. The van der Waals surface area contributed by atoms with Crippen molar-refractivity contribution in [2.24, 2.45) is 7.05 Å². The molecule has 0 saturated heterocycles. The molecule has 0 bridgehead atoms. The Hall–Kier alpha value is -3.47.